The maximum atomic E-state index is 12.0. The SMILES string of the molecule is COc1ccccc1NC(=O)NCC1(CO)CCCCC1. The van der Waals surface area contributed by atoms with Crippen LogP contribution < -0.4 is 15.4 Å². The van der Waals surface area contributed by atoms with Crippen molar-refractivity contribution < 1.29 is 14.6 Å². The van der Waals surface area contributed by atoms with Gasteiger partial charge in [0.15, 0.2) is 0 Å². The minimum absolute atomic E-state index is 0.127. The second kappa shape index (κ2) is 7.31. The highest BCUT2D eigenvalue weighted by atomic mass is 16.5. The van der Waals surface area contributed by atoms with Crippen LogP contribution in [0.5, 0.6) is 5.75 Å². The fourth-order valence-electron chi connectivity index (χ4n) is 2.87. The van der Waals surface area contributed by atoms with Crippen molar-refractivity contribution in [1.29, 1.82) is 0 Å². The molecule has 5 heteroatoms. The van der Waals surface area contributed by atoms with Gasteiger partial charge in [-0.1, -0.05) is 31.4 Å². The second-order valence-corrected chi connectivity index (χ2v) is 5.73. The lowest BCUT2D eigenvalue weighted by molar-refractivity contribution is 0.0840. The van der Waals surface area contributed by atoms with Crippen LogP contribution in [-0.2, 0) is 0 Å². The number of nitrogens with one attached hydrogen (secondary N) is 2. The van der Waals surface area contributed by atoms with Crippen LogP contribution in [0.4, 0.5) is 10.5 Å². The average molecular weight is 292 g/mol. The van der Waals surface area contributed by atoms with E-state index in [0.717, 1.165) is 25.7 Å². The molecular weight excluding hydrogens is 268 g/mol. The van der Waals surface area contributed by atoms with Gasteiger partial charge < -0.3 is 20.5 Å². The number of aliphatic hydroxyl groups excluding tert-OH is 1. The molecule has 3 N–H and O–H groups in total. The predicted octanol–water partition coefficient (Wildman–Crippen LogP) is 2.76. The number of methoxy groups -OCH3 is 1. The van der Waals surface area contributed by atoms with Crippen molar-refractivity contribution >= 4 is 11.7 Å². The molecule has 0 saturated heterocycles. The first-order valence-electron chi connectivity index (χ1n) is 7.48. The van der Waals surface area contributed by atoms with Crippen molar-refractivity contribution in [1.82, 2.24) is 5.32 Å². The molecule has 2 rings (SSSR count). The maximum Gasteiger partial charge on any atom is 0.319 e. The Kier molecular flexibility index (Phi) is 5.44. The van der Waals surface area contributed by atoms with E-state index in [1.54, 1.807) is 19.2 Å². The molecule has 1 fully saturated rings. The van der Waals surface area contributed by atoms with Gasteiger partial charge in [-0.25, -0.2) is 4.79 Å². The molecule has 1 aliphatic carbocycles. The van der Waals surface area contributed by atoms with Gasteiger partial charge in [-0.15, -0.1) is 0 Å². The maximum absolute atomic E-state index is 12.0. The molecule has 0 aromatic heterocycles. The summed E-state index contributed by atoms with van der Waals surface area (Å²) in [5.74, 6) is 0.627. The third-order valence-electron chi connectivity index (χ3n) is 4.23. The van der Waals surface area contributed by atoms with E-state index in [1.807, 2.05) is 12.1 Å². The van der Waals surface area contributed by atoms with Crippen LogP contribution in [0.1, 0.15) is 32.1 Å². The average Bonchev–Trinajstić information content (AvgIpc) is 2.54. The highest BCUT2D eigenvalue weighted by Gasteiger charge is 2.31. The Morgan fingerprint density at radius 1 is 1.29 bits per heavy atom. The van der Waals surface area contributed by atoms with Gasteiger partial charge in [0.1, 0.15) is 5.75 Å². The molecule has 1 aromatic carbocycles. The monoisotopic (exact) mass is 292 g/mol. The summed E-state index contributed by atoms with van der Waals surface area (Å²) >= 11 is 0. The van der Waals surface area contributed by atoms with Gasteiger partial charge in [0.2, 0.25) is 0 Å². The summed E-state index contributed by atoms with van der Waals surface area (Å²) in [6.45, 7) is 0.631. The zero-order chi connectivity index (χ0) is 15.1. The Balaban J connectivity index is 1.89. The smallest absolute Gasteiger partial charge is 0.319 e. The summed E-state index contributed by atoms with van der Waals surface area (Å²) in [5.41, 5.74) is 0.482. The van der Waals surface area contributed by atoms with Crippen LogP contribution in [0, 0.1) is 5.41 Å². The van der Waals surface area contributed by atoms with E-state index in [2.05, 4.69) is 10.6 Å². The number of benzene rings is 1. The van der Waals surface area contributed by atoms with Crippen molar-refractivity contribution in [3.63, 3.8) is 0 Å². The molecule has 1 saturated carbocycles. The third kappa shape index (κ3) is 4.11. The zero-order valence-corrected chi connectivity index (χ0v) is 12.5. The van der Waals surface area contributed by atoms with Crippen molar-refractivity contribution in [3.8, 4) is 5.75 Å². The first kappa shape index (κ1) is 15.6. The predicted molar refractivity (Wildman–Crippen MR) is 82.6 cm³/mol. The van der Waals surface area contributed by atoms with Gasteiger partial charge >= 0.3 is 6.03 Å². The second-order valence-electron chi connectivity index (χ2n) is 5.73. The first-order valence-corrected chi connectivity index (χ1v) is 7.48. The van der Waals surface area contributed by atoms with E-state index in [9.17, 15) is 9.90 Å². The molecule has 0 bridgehead atoms. The van der Waals surface area contributed by atoms with E-state index in [4.69, 9.17) is 4.74 Å². The lowest BCUT2D eigenvalue weighted by atomic mass is 9.74. The molecule has 0 unspecified atom stereocenters. The minimum atomic E-state index is -0.266. The van der Waals surface area contributed by atoms with Crippen molar-refractivity contribution in [2.75, 3.05) is 25.6 Å². The summed E-state index contributed by atoms with van der Waals surface area (Å²) in [4.78, 5) is 12.0. The number of urea groups is 1. The number of ether oxygens (including phenoxy) is 1. The number of amides is 2. The van der Waals surface area contributed by atoms with Gasteiger partial charge in [0, 0.05) is 12.0 Å². The van der Waals surface area contributed by atoms with Crippen molar-refractivity contribution in [3.05, 3.63) is 24.3 Å². The number of hydrogen-bond acceptors (Lipinski definition) is 3. The van der Waals surface area contributed by atoms with Gasteiger partial charge in [-0.2, -0.15) is 0 Å². The van der Waals surface area contributed by atoms with Crippen LogP contribution in [0.2, 0.25) is 0 Å². The Morgan fingerprint density at radius 2 is 2.00 bits per heavy atom. The van der Waals surface area contributed by atoms with Crippen LogP contribution >= 0.6 is 0 Å². The highest BCUT2D eigenvalue weighted by molar-refractivity contribution is 5.90. The summed E-state index contributed by atoms with van der Waals surface area (Å²) in [6, 6.07) is 7.02. The Labute approximate surface area is 125 Å². The van der Waals surface area contributed by atoms with E-state index in [-0.39, 0.29) is 18.1 Å². The van der Waals surface area contributed by atoms with Crippen molar-refractivity contribution in [2.24, 2.45) is 5.41 Å². The summed E-state index contributed by atoms with van der Waals surface area (Å²) in [5, 5.41) is 15.3. The molecule has 0 spiro atoms. The highest BCUT2D eigenvalue weighted by Crippen LogP contribution is 2.35. The number of aliphatic hydroxyl groups is 1. The normalized spacial score (nSPS) is 17.0. The summed E-state index contributed by atoms with van der Waals surface area (Å²) in [6.07, 6.45) is 5.40. The molecule has 1 aromatic rings. The van der Waals surface area contributed by atoms with Gasteiger partial charge in [-0.3, -0.25) is 0 Å². The number of para-hydroxylation sites is 2. The number of hydrogen-bond donors (Lipinski definition) is 3. The molecule has 0 heterocycles. The fraction of sp³-hybridized carbons (Fsp3) is 0.562. The zero-order valence-electron chi connectivity index (χ0n) is 12.5. The lowest BCUT2D eigenvalue weighted by Gasteiger charge is -2.35. The van der Waals surface area contributed by atoms with E-state index in [0.29, 0.717) is 18.0 Å². The molecule has 5 nitrogen and oxygen atoms in total. The molecule has 2 amide bonds. The third-order valence-corrected chi connectivity index (χ3v) is 4.23. The van der Waals surface area contributed by atoms with Gasteiger partial charge in [0.05, 0.1) is 19.4 Å². The van der Waals surface area contributed by atoms with E-state index in [1.165, 1.54) is 6.42 Å². The Hall–Kier alpha value is -1.75. The van der Waals surface area contributed by atoms with Gasteiger partial charge in [0.25, 0.3) is 0 Å². The summed E-state index contributed by atoms with van der Waals surface area (Å²) in [7, 11) is 1.57. The largest absolute Gasteiger partial charge is 0.495 e. The molecule has 116 valence electrons. The Morgan fingerprint density at radius 3 is 2.67 bits per heavy atom. The quantitative estimate of drug-likeness (QED) is 0.781. The van der Waals surface area contributed by atoms with E-state index >= 15 is 0 Å². The van der Waals surface area contributed by atoms with Crippen LogP contribution in [-0.4, -0.2) is 31.4 Å². The molecule has 21 heavy (non-hydrogen) atoms. The molecule has 1 aliphatic rings. The van der Waals surface area contributed by atoms with Crippen LogP contribution in [0.25, 0.3) is 0 Å². The number of carbonyl (C=O) groups is 1. The molecule has 0 aliphatic heterocycles. The first-order chi connectivity index (χ1) is 10.2. The topological polar surface area (TPSA) is 70.6 Å². The number of rotatable bonds is 5. The molecule has 0 atom stereocenters. The number of carbonyl (C=O) groups excluding carboxylic acids is 1. The van der Waals surface area contributed by atoms with Crippen LogP contribution in [0.3, 0.4) is 0 Å². The van der Waals surface area contributed by atoms with Gasteiger partial charge in [-0.05, 0) is 25.0 Å². The van der Waals surface area contributed by atoms with E-state index < -0.39 is 0 Å². The fourth-order valence-corrected chi connectivity index (χ4v) is 2.87. The minimum Gasteiger partial charge on any atom is -0.495 e. The standard InChI is InChI=1S/C16H24N2O3/c1-21-14-8-4-3-7-13(14)18-15(20)17-11-16(12-19)9-5-2-6-10-16/h3-4,7-8,19H,2,5-6,9-12H2,1H3,(H2,17,18,20). The van der Waals surface area contributed by atoms with Crippen LogP contribution in [0.15, 0.2) is 24.3 Å². The Bertz CT molecular complexity index is 470. The molecule has 0 radical (unpaired) electrons. The number of anilines is 1. The lowest BCUT2D eigenvalue weighted by Crippen LogP contribution is -2.42. The van der Waals surface area contributed by atoms with Crippen molar-refractivity contribution in [2.45, 2.75) is 32.1 Å². The molecular formula is C16H24N2O3. The summed E-state index contributed by atoms with van der Waals surface area (Å²) < 4.78 is 5.20.